The number of amides is 1. The first-order chi connectivity index (χ1) is 8.56. The van der Waals surface area contributed by atoms with Crippen LogP contribution in [-0.4, -0.2) is 5.91 Å². The standard InChI is InChI=1S/C13H13FN2O2/c1-8-2-4-10(18-8)7-16-13(17)9-3-5-11(14)12(15)6-9/h2-6H,7,15H2,1H3,(H,16,17). The van der Waals surface area contributed by atoms with Crippen LogP contribution in [0.3, 0.4) is 0 Å². The van der Waals surface area contributed by atoms with Crippen molar-refractivity contribution in [2.45, 2.75) is 13.5 Å². The summed E-state index contributed by atoms with van der Waals surface area (Å²) in [5.74, 6) is 0.588. The number of hydrogen-bond acceptors (Lipinski definition) is 3. The van der Waals surface area contributed by atoms with E-state index in [1.807, 2.05) is 13.0 Å². The van der Waals surface area contributed by atoms with Gasteiger partial charge in [0, 0.05) is 5.56 Å². The molecule has 3 N–H and O–H groups in total. The van der Waals surface area contributed by atoms with Crippen molar-refractivity contribution in [1.29, 1.82) is 0 Å². The number of benzene rings is 1. The van der Waals surface area contributed by atoms with Gasteiger partial charge >= 0.3 is 0 Å². The zero-order valence-corrected chi connectivity index (χ0v) is 9.87. The quantitative estimate of drug-likeness (QED) is 0.818. The van der Waals surface area contributed by atoms with Crippen LogP contribution < -0.4 is 11.1 Å². The van der Waals surface area contributed by atoms with Gasteiger partial charge in [0.05, 0.1) is 12.2 Å². The minimum Gasteiger partial charge on any atom is -0.465 e. The van der Waals surface area contributed by atoms with Gasteiger partial charge in [0.25, 0.3) is 5.91 Å². The summed E-state index contributed by atoms with van der Waals surface area (Å²) in [6.07, 6.45) is 0. The van der Waals surface area contributed by atoms with Gasteiger partial charge in [-0.25, -0.2) is 4.39 Å². The third kappa shape index (κ3) is 2.68. The maximum Gasteiger partial charge on any atom is 0.251 e. The number of carbonyl (C=O) groups is 1. The van der Waals surface area contributed by atoms with Gasteiger partial charge in [0.1, 0.15) is 17.3 Å². The number of nitrogens with two attached hydrogens (primary N) is 1. The van der Waals surface area contributed by atoms with Gasteiger partial charge < -0.3 is 15.5 Å². The highest BCUT2D eigenvalue weighted by molar-refractivity contribution is 5.94. The van der Waals surface area contributed by atoms with Gasteiger partial charge in [0.15, 0.2) is 0 Å². The summed E-state index contributed by atoms with van der Waals surface area (Å²) in [5.41, 5.74) is 5.67. The molecule has 4 nitrogen and oxygen atoms in total. The van der Waals surface area contributed by atoms with Gasteiger partial charge in [0.2, 0.25) is 0 Å². The first-order valence-electron chi connectivity index (χ1n) is 5.45. The molecule has 1 aromatic carbocycles. The fraction of sp³-hybridized carbons (Fsp3) is 0.154. The van der Waals surface area contributed by atoms with Gasteiger partial charge in [-0.2, -0.15) is 0 Å². The maximum absolute atomic E-state index is 12.9. The largest absolute Gasteiger partial charge is 0.465 e. The van der Waals surface area contributed by atoms with E-state index in [0.717, 1.165) is 5.76 Å². The molecule has 0 spiro atoms. The van der Waals surface area contributed by atoms with Crippen LogP contribution in [0.25, 0.3) is 0 Å². The van der Waals surface area contributed by atoms with Crippen LogP contribution in [0.15, 0.2) is 34.7 Å². The van der Waals surface area contributed by atoms with E-state index in [2.05, 4.69) is 5.32 Å². The third-order valence-corrected chi connectivity index (χ3v) is 2.48. The number of rotatable bonds is 3. The maximum atomic E-state index is 12.9. The average Bonchev–Trinajstić information content (AvgIpc) is 2.75. The summed E-state index contributed by atoms with van der Waals surface area (Å²) in [4.78, 5) is 11.8. The van der Waals surface area contributed by atoms with Crippen molar-refractivity contribution in [3.8, 4) is 0 Å². The van der Waals surface area contributed by atoms with E-state index in [-0.39, 0.29) is 18.1 Å². The summed E-state index contributed by atoms with van der Waals surface area (Å²) in [5, 5.41) is 2.66. The lowest BCUT2D eigenvalue weighted by molar-refractivity contribution is 0.0948. The van der Waals surface area contributed by atoms with E-state index in [9.17, 15) is 9.18 Å². The normalized spacial score (nSPS) is 10.3. The summed E-state index contributed by atoms with van der Waals surface area (Å²) < 4.78 is 18.3. The minimum atomic E-state index is -0.534. The Morgan fingerprint density at radius 2 is 2.17 bits per heavy atom. The summed E-state index contributed by atoms with van der Waals surface area (Å²) in [6, 6.07) is 7.46. The fourth-order valence-corrected chi connectivity index (χ4v) is 1.53. The van der Waals surface area contributed by atoms with Gasteiger partial charge in [-0.15, -0.1) is 0 Å². The lowest BCUT2D eigenvalue weighted by Crippen LogP contribution is -2.22. The highest BCUT2D eigenvalue weighted by Crippen LogP contribution is 2.12. The number of carbonyl (C=O) groups excluding carboxylic acids is 1. The molecule has 0 aliphatic carbocycles. The Kier molecular flexibility index (Phi) is 3.32. The number of nitrogens with one attached hydrogen (secondary N) is 1. The number of anilines is 1. The second-order valence-electron chi connectivity index (χ2n) is 3.93. The molecule has 1 aromatic heterocycles. The SMILES string of the molecule is Cc1ccc(CNC(=O)c2ccc(F)c(N)c2)o1. The molecule has 0 aliphatic rings. The minimum absolute atomic E-state index is 0.0449. The molecule has 0 fully saturated rings. The number of nitrogen functional groups attached to an aromatic ring is 1. The molecule has 0 atom stereocenters. The van der Waals surface area contributed by atoms with E-state index in [0.29, 0.717) is 11.3 Å². The Hall–Kier alpha value is -2.30. The Balaban J connectivity index is 2.01. The molecule has 0 radical (unpaired) electrons. The predicted molar refractivity (Wildman–Crippen MR) is 65.4 cm³/mol. The molecule has 0 bridgehead atoms. The van der Waals surface area contributed by atoms with Gasteiger partial charge in [-0.1, -0.05) is 0 Å². The van der Waals surface area contributed by atoms with E-state index < -0.39 is 5.82 Å². The molecular weight excluding hydrogens is 235 g/mol. The van der Waals surface area contributed by atoms with Crippen molar-refractivity contribution in [3.05, 3.63) is 53.2 Å². The fourth-order valence-electron chi connectivity index (χ4n) is 1.53. The molecule has 2 rings (SSSR count). The van der Waals surface area contributed by atoms with Crippen molar-refractivity contribution in [1.82, 2.24) is 5.32 Å². The first-order valence-corrected chi connectivity index (χ1v) is 5.45. The second-order valence-corrected chi connectivity index (χ2v) is 3.93. The van der Waals surface area contributed by atoms with Crippen LogP contribution in [0, 0.1) is 12.7 Å². The second kappa shape index (κ2) is 4.91. The highest BCUT2D eigenvalue weighted by Gasteiger charge is 2.08. The van der Waals surface area contributed by atoms with E-state index in [1.165, 1.54) is 18.2 Å². The van der Waals surface area contributed by atoms with E-state index in [4.69, 9.17) is 10.2 Å². The number of halogens is 1. The van der Waals surface area contributed by atoms with Crippen molar-refractivity contribution < 1.29 is 13.6 Å². The number of hydrogen-bond donors (Lipinski definition) is 2. The van der Waals surface area contributed by atoms with Crippen LogP contribution in [0.5, 0.6) is 0 Å². The number of furan rings is 1. The predicted octanol–water partition coefficient (Wildman–Crippen LogP) is 2.24. The van der Waals surface area contributed by atoms with Gasteiger partial charge in [-0.3, -0.25) is 4.79 Å². The molecule has 0 saturated heterocycles. The molecule has 2 aromatic rings. The summed E-state index contributed by atoms with van der Waals surface area (Å²) >= 11 is 0. The van der Waals surface area contributed by atoms with Crippen LogP contribution in [0.4, 0.5) is 10.1 Å². The molecule has 94 valence electrons. The zero-order valence-electron chi connectivity index (χ0n) is 9.87. The Labute approximate surface area is 104 Å². The summed E-state index contributed by atoms with van der Waals surface area (Å²) in [7, 11) is 0. The zero-order chi connectivity index (χ0) is 13.1. The first kappa shape index (κ1) is 12.2. The molecule has 1 amide bonds. The topological polar surface area (TPSA) is 68.3 Å². The molecule has 5 heteroatoms. The molecule has 1 heterocycles. The Morgan fingerprint density at radius 3 is 2.78 bits per heavy atom. The molecule has 0 aliphatic heterocycles. The van der Waals surface area contributed by atoms with Crippen molar-refractivity contribution >= 4 is 11.6 Å². The Morgan fingerprint density at radius 1 is 1.39 bits per heavy atom. The lowest BCUT2D eigenvalue weighted by Gasteiger charge is -2.04. The Bertz CT molecular complexity index is 578. The third-order valence-electron chi connectivity index (χ3n) is 2.48. The van der Waals surface area contributed by atoms with E-state index in [1.54, 1.807) is 6.07 Å². The van der Waals surface area contributed by atoms with Crippen molar-refractivity contribution in [2.24, 2.45) is 0 Å². The van der Waals surface area contributed by atoms with E-state index >= 15 is 0 Å². The lowest BCUT2D eigenvalue weighted by atomic mass is 10.2. The van der Waals surface area contributed by atoms with Crippen molar-refractivity contribution in [2.75, 3.05) is 5.73 Å². The van der Waals surface area contributed by atoms with Crippen LogP contribution in [0.2, 0.25) is 0 Å². The molecular formula is C13H13FN2O2. The smallest absolute Gasteiger partial charge is 0.251 e. The van der Waals surface area contributed by atoms with Crippen LogP contribution >= 0.6 is 0 Å². The summed E-state index contributed by atoms with van der Waals surface area (Å²) in [6.45, 7) is 2.11. The highest BCUT2D eigenvalue weighted by atomic mass is 19.1. The molecule has 18 heavy (non-hydrogen) atoms. The molecule has 0 unspecified atom stereocenters. The molecule has 0 saturated carbocycles. The monoisotopic (exact) mass is 248 g/mol. The van der Waals surface area contributed by atoms with Crippen LogP contribution in [-0.2, 0) is 6.54 Å². The van der Waals surface area contributed by atoms with Crippen LogP contribution in [0.1, 0.15) is 21.9 Å². The average molecular weight is 248 g/mol. The van der Waals surface area contributed by atoms with Crippen molar-refractivity contribution in [3.63, 3.8) is 0 Å². The van der Waals surface area contributed by atoms with Gasteiger partial charge in [-0.05, 0) is 37.3 Å². The number of aryl methyl sites for hydroxylation is 1.